The van der Waals surface area contributed by atoms with Crippen LogP contribution in [0.3, 0.4) is 0 Å². The molecule has 1 aliphatic rings. The number of thioether (sulfide) groups is 1. The minimum absolute atomic E-state index is 0.0369. The third kappa shape index (κ3) is 6.57. The van der Waals surface area contributed by atoms with Gasteiger partial charge in [0.05, 0.1) is 5.88 Å². The number of nitrogens with zero attached hydrogens (tertiary/aromatic N) is 1. The van der Waals surface area contributed by atoms with E-state index in [4.69, 9.17) is 4.74 Å². The van der Waals surface area contributed by atoms with Crippen LogP contribution in [0.5, 0.6) is 0 Å². The average Bonchev–Trinajstić information content (AvgIpc) is 2.94. The minimum atomic E-state index is -0.357. The summed E-state index contributed by atoms with van der Waals surface area (Å²) < 4.78 is 5.30. The van der Waals surface area contributed by atoms with Gasteiger partial charge < -0.3 is 15.0 Å². The Morgan fingerprint density at radius 1 is 1.32 bits per heavy atom. The number of hydrogen-bond acceptors (Lipinski definition) is 4. The van der Waals surface area contributed by atoms with Crippen molar-refractivity contribution in [2.75, 3.05) is 24.8 Å². The van der Waals surface area contributed by atoms with Crippen molar-refractivity contribution in [2.24, 2.45) is 5.92 Å². The van der Waals surface area contributed by atoms with Crippen LogP contribution in [0.15, 0.2) is 0 Å². The molecule has 1 aliphatic heterocycles. The second-order valence-electron chi connectivity index (χ2n) is 6.31. The standard InChI is InChI=1S/C16H30N2O3S/c1-5-8-21-9-15(19)18-11-22-10-14(18)16(20)17-13(4)7-6-12(2)3/h12-14H,5-11H2,1-4H3,(H,17,20). The van der Waals surface area contributed by atoms with E-state index in [1.165, 1.54) is 0 Å². The lowest BCUT2D eigenvalue weighted by Gasteiger charge is -2.25. The first-order chi connectivity index (χ1) is 10.5. The normalized spacial score (nSPS) is 19.5. The molecule has 0 aromatic rings. The molecule has 1 rings (SSSR count). The van der Waals surface area contributed by atoms with Gasteiger partial charge in [-0.2, -0.15) is 0 Å². The summed E-state index contributed by atoms with van der Waals surface area (Å²) in [4.78, 5) is 26.2. The molecule has 0 spiro atoms. The topological polar surface area (TPSA) is 58.6 Å². The Balaban J connectivity index is 2.44. The molecule has 1 N–H and O–H groups in total. The number of nitrogens with one attached hydrogen (secondary N) is 1. The first kappa shape index (κ1) is 19.3. The van der Waals surface area contributed by atoms with Gasteiger partial charge in [-0.05, 0) is 32.1 Å². The fourth-order valence-corrected chi connectivity index (χ4v) is 3.47. The molecule has 2 unspecified atom stereocenters. The Morgan fingerprint density at radius 3 is 2.68 bits per heavy atom. The van der Waals surface area contributed by atoms with E-state index in [2.05, 4.69) is 19.2 Å². The van der Waals surface area contributed by atoms with Crippen molar-refractivity contribution >= 4 is 23.6 Å². The van der Waals surface area contributed by atoms with Crippen LogP contribution in [0.25, 0.3) is 0 Å². The van der Waals surface area contributed by atoms with Gasteiger partial charge in [-0.15, -0.1) is 11.8 Å². The van der Waals surface area contributed by atoms with E-state index < -0.39 is 0 Å². The van der Waals surface area contributed by atoms with Crippen LogP contribution in [-0.4, -0.2) is 53.6 Å². The van der Waals surface area contributed by atoms with E-state index in [0.717, 1.165) is 19.3 Å². The maximum absolute atomic E-state index is 12.4. The molecular formula is C16H30N2O3S. The van der Waals surface area contributed by atoms with Gasteiger partial charge in [0.25, 0.3) is 0 Å². The highest BCUT2D eigenvalue weighted by Gasteiger charge is 2.34. The van der Waals surface area contributed by atoms with E-state index >= 15 is 0 Å². The lowest BCUT2D eigenvalue weighted by atomic mass is 10.0. The van der Waals surface area contributed by atoms with Crippen LogP contribution >= 0.6 is 11.8 Å². The molecule has 1 fully saturated rings. The van der Waals surface area contributed by atoms with Gasteiger partial charge in [-0.1, -0.05) is 20.8 Å². The van der Waals surface area contributed by atoms with Crippen molar-refractivity contribution in [3.63, 3.8) is 0 Å². The highest BCUT2D eigenvalue weighted by atomic mass is 32.2. The Hall–Kier alpha value is -0.750. The predicted molar refractivity (Wildman–Crippen MR) is 90.7 cm³/mol. The fourth-order valence-electron chi connectivity index (χ4n) is 2.29. The van der Waals surface area contributed by atoms with E-state index in [9.17, 15) is 9.59 Å². The first-order valence-electron chi connectivity index (χ1n) is 8.21. The molecule has 0 aliphatic carbocycles. The zero-order valence-corrected chi connectivity index (χ0v) is 15.1. The summed E-state index contributed by atoms with van der Waals surface area (Å²) in [7, 11) is 0. The number of ether oxygens (including phenoxy) is 1. The molecular weight excluding hydrogens is 300 g/mol. The number of amides is 2. The summed E-state index contributed by atoms with van der Waals surface area (Å²) in [6, 6.07) is -0.210. The number of carbonyl (C=O) groups excluding carboxylic acids is 2. The molecule has 1 saturated heterocycles. The smallest absolute Gasteiger partial charge is 0.249 e. The molecule has 128 valence electrons. The van der Waals surface area contributed by atoms with Crippen LogP contribution in [0.1, 0.15) is 47.0 Å². The Morgan fingerprint density at radius 2 is 2.05 bits per heavy atom. The largest absolute Gasteiger partial charge is 0.372 e. The SMILES string of the molecule is CCCOCC(=O)N1CSCC1C(=O)NC(C)CCC(C)C. The highest BCUT2D eigenvalue weighted by molar-refractivity contribution is 7.99. The summed E-state index contributed by atoms with van der Waals surface area (Å²) in [5.74, 6) is 1.75. The summed E-state index contributed by atoms with van der Waals surface area (Å²) in [5.41, 5.74) is 0. The fraction of sp³-hybridized carbons (Fsp3) is 0.875. The Labute approximate surface area is 138 Å². The quantitative estimate of drug-likeness (QED) is 0.659. The third-order valence-corrected chi connectivity index (χ3v) is 4.66. The lowest BCUT2D eigenvalue weighted by molar-refractivity contribution is -0.141. The average molecular weight is 330 g/mol. The number of carbonyl (C=O) groups is 2. The number of rotatable bonds is 9. The van der Waals surface area contributed by atoms with E-state index in [0.29, 0.717) is 24.2 Å². The van der Waals surface area contributed by atoms with Crippen molar-refractivity contribution < 1.29 is 14.3 Å². The van der Waals surface area contributed by atoms with Crippen LogP contribution in [0.2, 0.25) is 0 Å². The van der Waals surface area contributed by atoms with Crippen molar-refractivity contribution in [3.8, 4) is 0 Å². The van der Waals surface area contributed by atoms with Crippen LogP contribution < -0.4 is 5.32 Å². The third-order valence-electron chi connectivity index (χ3n) is 3.64. The zero-order chi connectivity index (χ0) is 16.5. The molecule has 5 nitrogen and oxygen atoms in total. The summed E-state index contributed by atoms with van der Waals surface area (Å²) >= 11 is 1.62. The molecule has 2 amide bonds. The summed E-state index contributed by atoms with van der Waals surface area (Å²) in [6.45, 7) is 9.04. The van der Waals surface area contributed by atoms with Gasteiger partial charge in [0, 0.05) is 18.4 Å². The van der Waals surface area contributed by atoms with E-state index in [-0.39, 0.29) is 30.5 Å². The van der Waals surface area contributed by atoms with Crippen LogP contribution in [-0.2, 0) is 14.3 Å². The van der Waals surface area contributed by atoms with Gasteiger partial charge in [0.15, 0.2) is 0 Å². The molecule has 6 heteroatoms. The Kier molecular flexibility index (Phi) is 8.86. The first-order valence-corrected chi connectivity index (χ1v) is 9.36. The maximum atomic E-state index is 12.4. The molecule has 22 heavy (non-hydrogen) atoms. The maximum Gasteiger partial charge on any atom is 0.249 e. The van der Waals surface area contributed by atoms with Gasteiger partial charge in [-0.3, -0.25) is 9.59 Å². The molecule has 2 atom stereocenters. The van der Waals surface area contributed by atoms with Crippen molar-refractivity contribution in [1.29, 1.82) is 0 Å². The van der Waals surface area contributed by atoms with Gasteiger partial charge >= 0.3 is 0 Å². The van der Waals surface area contributed by atoms with Gasteiger partial charge in [-0.25, -0.2) is 0 Å². The monoisotopic (exact) mass is 330 g/mol. The minimum Gasteiger partial charge on any atom is -0.372 e. The van der Waals surface area contributed by atoms with Crippen LogP contribution in [0, 0.1) is 5.92 Å². The lowest BCUT2D eigenvalue weighted by Crippen LogP contribution is -2.50. The number of hydrogen-bond donors (Lipinski definition) is 1. The molecule has 0 radical (unpaired) electrons. The molecule has 0 bridgehead atoms. The summed E-state index contributed by atoms with van der Waals surface area (Å²) in [6.07, 6.45) is 2.95. The molecule has 0 aromatic heterocycles. The predicted octanol–water partition coefficient (Wildman–Crippen LogP) is 2.26. The second kappa shape index (κ2) is 10.1. The molecule has 1 heterocycles. The second-order valence-corrected chi connectivity index (χ2v) is 7.31. The van der Waals surface area contributed by atoms with Crippen molar-refractivity contribution in [1.82, 2.24) is 10.2 Å². The molecule has 0 aromatic carbocycles. The highest BCUT2D eigenvalue weighted by Crippen LogP contribution is 2.21. The van der Waals surface area contributed by atoms with Crippen molar-refractivity contribution in [2.45, 2.75) is 59.0 Å². The molecule has 0 saturated carbocycles. The van der Waals surface area contributed by atoms with E-state index in [1.807, 2.05) is 13.8 Å². The van der Waals surface area contributed by atoms with Crippen molar-refractivity contribution in [3.05, 3.63) is 0 Å². The van der Waals surface area contributed by atoms with Crippen LogP contribution in [0.4, 0.5) is 0 Å². The zero-order valence-electron chi connectivity index (χ0n) is 14.3. The van der Waals surface area contributed by atoms with E-state index in [1.54, 1.807) is 16.7 Å². The van der Waals surface area contributed by atoms with Gasteiger partial charge in [0.1, 0.15) is 12.6 Å². The van der Waals surface area contributed by atoms with Gasteiger partial charge in [0.2, 0.25) is 11.8 Å². The Bertz CT molecular complexity index is 363. The summed E-state index contributed by atoms with van der Waals surface area (Å²) in [5, 5.41) is 3.04.